The number of nitrogens with one attached hydrogen (secondary N) is 1. The van der Waals surface area contributed by atoms with Crippen molar-refractivity contribution in [3.8, 4) is 11.5 Å². The molecule has 0 atom stereocenters. The third kappa shape index (κ3) is 5.82. The molecule has 0 saturated heterocycles. The van der Waals surface area contributed by atoms with Gasteiger partial charge >= 0.3 is 0 Å². The van der Waals surface area contributed by atoms with Crippen LogP contribution in [0.4, 0.5) is 5.69 Å². The van der Waals surface area contributed by atoms with Gasteiger partial charge in [0, 0.05) is 11.3 Å². The molecule has 0 bridgehead atoms. The van der Waals surface area contributed by atoms with Gasteiger partial charge in [0.15, 0.2) is 18.1 Å². The molecule has 0 aliphatic carbocycles. The second-order valence-corrected chi connectivity index (χ2v) is 5.46. The number of hydrogen-bond acceptors (Lipinski definition) is 5. The molecule has 0 heterocycles. The predicted molar refractivity (Wildman–Crippen MR) is 102 cm³/mol. The van der Waals surface area contributed by atoms with Gasteiger partial charge in [-0.3, -0.25) is 4.79 Å². The lowest BCUT2D eigenvalue weighted by Crippen LogP contribution is -2.16. The van der Waals surface area contributed by atoms with E-state index in [4.69, 9.17) is 25.9 Å². The van der Waals surface area contributed by atoms with Gasteiger partial charge < -0.3 is 19.6 Å². The second kappa shape index (κ2) is 10.1. The highest BCUT2D eigenvalue weighted by atomic mass is 35.5. The maximum absolute atomic E-state index is 11.7. The average Bonchev–Trinajstić information content (AvgIpc) is 2.65. The van der Waals surface area contributed by atoms with Crippen LogP contribution in [0.2, 0.25) is 5.02 Å². The van der Waals surface area contributed by atoms with Gasteiger partial charge in [0.1, 0.15) is 6.61 Å². The first kappa shape index (κ1) is 19.3. The number of benzene rings is 2. The van der Waals surface area contributed by atoms with Gasteiger partial charge in [-0.05, 0) is 24.3 Å². The molecule has 26 heavy (non-hydrogen) atoms. The number of carbonyl (C=O) groups is 1. The van der Waals surface area contributed by atoms with Gasteiger partial charge in [-0.2, -0.15) is 0 Å². The number of methoxy groups -OCH3 is 1. The van der Waals surface area contributed by atoms with Gasteiger partial charge in [0.05, 0.1) is 18.3 Å². The lowest BCUT2D eigenvalue weighted by Gasteiger charge is -2.11. The van der Waals surface area contributed by atoms with Gasteiger partial charge in [-0.15, -0.1) is 0 Å². The third-order valence-corrected chi connectivity index (χ3v) is 3.41. The molecule has 0 fully saturated rings. The summed E-state index contributed by atoms with van der Waals surface area (Å²) in [7, 11) is 1.51. The molecule has 136 valence electrons. The topological polar surface area (TPSA) is 69.2 Å². The highest BCUT2D eigenvalue weighted by molar-refractivity contribution is 6.32. The number of rotatable bonds is 9. The van der Waals surface area contributed by atoms with Crippen LogP contribution in [-0.2, 0) is 9.63 Å². The summed E-state index contributed by atoms with van der Waals surface area (Å²) in [4.78, 5) is 16.8. The van der Waals surface area contributed by atoms with E-state index in [1.807, 2.05) is 18.2 Å². The molecule has 1 amide bonds. The van der Waals surface area contributed by atoms with Crippen molar-refractivity contribution in [2.24, 2.45) is 5.16 Å². The molecule has 7 heteroatoms. The van der Waals surface area contributed by atoms with Crippen LogP contribution in [0.3, 0.4) is 0 Å². The summed E-state index contributed by atoms with van der Waals surface area (Å²) in [5.41, 5.74) is 1.33. The molecule has 0 spiro atoms. The molecule has 0 aliphatic rings. The second-order valence-electron chi connectivity index (χ2n) is 5.06. The molecule has 0 saturated carbocycles. The summed E-state index contributed by atoms with van der Waals surface area (Å²) in [5.74, 6) is 0.578. The van der Waals surface area contributed by atoms with E-state index in [0.717, 1.165) is 0 Å². The summed E-state index contributed by atoms with van der Waals surface area (Å²) in [6, 6.07) is 12.4. The van der Waals surface area contributed by atoms with Crippen molar-refractivity contribution in [1.29, 1.82) is 0 Å². The van der Waals surface area contributed by atoms with Crippen LogP contribution in [0, 0.1) is 0 Å². The number of hydrogen-bond donors (Lipinski definition) is 1. The number of amides is 1. The largest absolute Gasteiger partial charge is 0.493 e. The number of nitrogens with zero attached hydrogens (tertiary/aromatic N) is 1. The van der Waals surface area contributed by atoms with Crippen LogP contribution in [-0.4, -0.2) is 32.4 Å². The Morgan fingerprint density at radius 3 is 2.77 bits per heavy atom. The smallest absolute Gasteiger partial charge is 0.265 e. The normalized spacial score (nSPS) is 10.4. The van der Waals surface area contributed by atoms with Crippen molar-refractivity contribution in [1.82, 2.24) is 0 Å². The molecule has 0 radical (unpaired) electrons. The highest BCUT2D eigenvalue weighted by Gasteiger charge is 2.11. The van der Waals surface area contributed by atoms with Crippen molar-refractivity contribution in [3.05, 3.63) is 65.7 Å². The molecule has 6 nitrogen and oxygen atoms in total. The third-order valence-electron chi connectivity index (χ3n) is 3.13. The number of halogens is 1. The molecular formula is C19H19ClN2O4. The maximum Gasteiger partial charge on any atom is 0.265 e. The van der Waals surface area contributed by atoms with E-state index in [0.29, 0.717) is 34.4 Å². The van der Waals surface area contributed by atoms with Crippen LogP contribution in [0.25, 0.3) is 0 Å². The Balaban J connectivity index is 1.92. The Morgan fingerprint density at radius 1 is 1.31 bits per heavy atom. The molecule has 2 rings (SSSR count). The van der Waals surface area contributed by atoms with Crippen molar-refractivity contribution in [2.75, 3.05) is 25.6 Å². The lowest BCUT2D eigenvalue weighted by atomic mass is 10.2. The molecule has 2 aromatic carbocycles. The lowest BCUT2D eigenvalue weighted by molar-refractivity contribution is -0.120. The molecular weight excluding hydrogens is 356 g/mol. The maximum atomic E-state index is 11.7. The van der Waals surface area contributed by atoms with Crippen molar-refractivity contribution < 1.29 is 19.1 Å². The molecule has 1 N–H and O–H groups in total. The van der Waals surface area contributed by atoms with Gasteiger partial charge in [-0.1, -0.05) is 47.6 Å². The summed E-state index contributed by atoms with van der Waals surface area (Å²) >= 11 is 6.20. The standard InChI is InChI=1S/C19H19ClN2O4/c1-3-9-25-19-16(20)10-14(11-17(19)24-2)12-21-26-13-18(23)22-15-7-5-4-6-8-15/h3-8,10-12H,1,9,13H2,2H3,(H,22,23)/b21-12+. The SMILES string of the molecule is C=CCOc1c(Cl)cc(/C=N/OCC(=O)Nc2ccccc2)cc1OC. The number of para-hydroxylation sites is 1. The molecule has 0 aromatic heterocycles. The highest BCUT2D eigenvalue weighted by Crippen LogP contribution is 2.36. The molecule has 0 unspecified atom stereocenters. The van der Waals surface area contributed by atoms with E-state index in [2.05, 4.69) is 17.1 Å². The summed E-state index contributed by atoms with van der Waals surface area (Å²) in [6.45, 7) is 3.69. The predicted octanol–water partition coefficient (Wildman–Crippen LogP) is 3.90. The minimum atomic E-state index is -0.308. The zero-order valence-electron chi connectivity index (χ0n) is 14.3. The fourth-order valence-corrected chi connectivity index (χ4v) is 2.28. The van der Waals surface area contributed by atoms with Crippen LogP contribution >= 0.6 is 11.6 Å². The quantitative estimate of drug-likeness (QED) is 0.410. The van der Waals surface area contributed by atoms with Crippen LogP contribution in [0.1, 0.15) is 5.56 Å². The van der Waals surface area contributed by atoms with Crippen molar-refractivity contribution in [3.63, 3.8) is 0 Å². The van der Waals surface area contributed by atoms with Crippen molar-refractivity contribution in [2.45, 2.75) is 0 Å². The van der Waals surface area contributed by atoms with Crippen LogP contribution in [0.5, 0.6) is 11.5 Å². The summed E-state index contributed by atoms with van der Waals surface area (Å²) in [6.07, 6.45) is 3.04. The number of carbonyl (C=O) groups excluding carboxylic acids is 1. The first-order valence-electron chi connectivity index (χ1n) is 7.75. The molecule has 2 aromatic rings. The van der Waals surface area contributed by atoms with E-state index in [9.17, 15) is 4.79 Å². The van der Waals surface area contributed by atoms with Gasteiger partial charge in [0.2, 0.25) is 0 Å². The Morgan fingerprint density at radius 2 is 2.08 bits per heavy atom. The Labute approximate surface area is 157 Å². The van der Waals surface area contributed by atoms with E-state index in [1.54, 1.807) is 30.3 Å². The summed E-state index contributed by atoms with van der Waals surface area (Å²) < 4.78 is 10.7. The number of ether oxygens (including phenoxy) is 2. The number of oxime groups is 1. The van der Waals surface area contributed by atoms with Crippen LogP contribution in [0.15, 0.2) is 60.3 Å². The van der Waals surface area contributed by atoms with Crippen molar-refractivity contribution >= 4 is 29.4 Å². The van der Waals surface area contributed by atoms with Gasteiger partial charge in [-0.25, -0.2) is 0 Å². The average molecular weight is 375 g/mol. The Hall–Kier alpha value is -2.99. The first-order valence-corrected chi connectivity index (χ1v) is 8.13. The summed E-state index contributed by atoms with van der Waals surface area (Å²) in [5, 5.41) is 6.84. The monoisotopic (exact) mass is 374 g/mol. The molecule has 0 aliphatic heterocycles. The zero-order chi connectivity index (χ0) is 18.8. The fourth-order valence-electron chi connectivity index (χ4n) is 2.01. The minimum Gasteiger partial charge on any atom is -0.493 e. The minimum absolute atomic E-state index is 0.212. The fraction of sp³-hybridized carbons (Fsp3) is 0.158. The zero-order valence-corrected chi connectivity index (χ0v) is 15.0. The van der Waals surface area contributed by atoms with E-state index >= 15 is 0 Å². The first-order chi connectivity index (χ1) is 12.6. The van der Waals surface area contributed by atoms with E-state index in [1.165, 1.54) is 13.3 Å². The van der Waals surface area contributed by atoms with E-state index in [-0.39, 0.29) is 12.5 Å². The Bertz CT molecular complexity index is 779. The number of anilines is 1. The van der Waals surface area contributed by atoms with Crippen LogP contribution < -0.4 is 14.8 Å². The van der Waals surface area contributed by atoms with Gasteiger partial charge in [0.25, 0.3) is 5.91 Å². The van der Waals surface area contributed by atoms with E-state index < -0.39 is 0 Å². The Kier molecular flexibility index (Phi) is 7.51.